The van der Waals surface area contributed by atoms with Crippen molar-refractivity contribution in [1.82, 2.24) is 14.1 Å². The summed E-state index contributed by atoms with van der Waals surface area (Å²) in [7, 11) is -3.73. The average molecular weight is 290 g/mol. The number of aryl methyl sites for hydroxylation is 1. The van der Waals surface area contributed by atoms with Gasteiger partial charge in [0.25, 0.3) is 0 Å². The Kier molecular flexibility index (Phi) is 5.33. The van der Waals surface area contributed by atoms with Crippen LogP contribution in [-0.4, -0.2) is 46.8 Å². The predicted octanol–water partition coefficient (Wildman–Crippen LogP) is 0.267. The van der Waals surface area contributed by atoms with Crippen LogP contribution < -0.4 is 5.73 Å². The lowest BCUT2D eigenvalue weighted by Crippen LogP contribution is -2.39. The van der Waals surface area contributed by atoms with E-state index >= 15 is 0 Å². The van der Waals surface area contributed by atoms with Crippen LogP contribution in [0.25, 0.3) is 0 Å². The van der Waals surface area contributed by atoms with E-state index in [2.05, 4.69) is 5.10 Å². The van der Waals surface area contributed by atoms with E-state index in [-0.39, 0.29) is 29.9 Å². The van der Waals surface area contributed by atoms with Crippen molar-refractivity contribution in [2.24, 2.45) is 0 Å². The molecule has 0 radical (unpaired) electrons. The van der Waals surface area contributed by atoms with Gasteiger partial charge in [0.15, 0.2) is 5.82 Å². The lowest BCUT2D eigenvalue weighted by molar-refractivity contribution is 0.236. The van der Waals surface area contributed by atoms with Crippen LogP contribution in [-0.2, 0) is 16.6 Å². The molecule has 0 saturated heterocycles. The maximum absolute atomic E-state index is 12.5. The van der Waals surface area contributed by atoms with E-state index in [1.54, 1.807) is 13.8 Å². The number of anilines is 1. The predicted molar refractivity (Wildman–Crippen MR) is 73.0 cm³/mol. The van der Waals surface area contributed by atoms with E-state index in [1.807, 2.05) is 6.92 Å². The minimum Gasteiger partial charge on any atom is -0.395 e. The highest BCUT2D eigenvalue weighted by Crippen LogP contribution is 2.22. The molecular weight excluding hydrogens is 268 g/mol. The molecule has 1 aromatic heterocycles. The molecule has 3 N–H and O–H groups in total. The molecule has 0 aliphatic heterocycles. The molecule has 0 spiro atoms. The monoisotopic (exact) mass is 290 g/mol. The van der Waals surface area contributed by atoms with Gasteiger partial charge in [0, 0.05) is 25.3 Å². The molecule has 1 heterocycles. The Morgan fingerprint density at radius 3 is 2.63 bits per heavy atom. The number of hydrogen-bond donors (Lipinski definition) is 2. The number of aromatic nitrogens is 2. The smallest absolute Gasteiger partial charge is 0.248 e. The Balaban J connectivity index is 3.17. The van der Waals surface area contributed by atoms with Gasteiger partial charge in [0.05, 0.1) is 6.61 Å². The molecule has 0 aromatic carbocycles. The van der Waals surface area contributed by atoms with E-state index in [1.165, 1.54) is 15.2 Å². The van der Waals surface area contributed by atoms with Gasteiger partial charge in [-0.2, -0.15) is 9.40 Å². The Morgan fingerprint density at radius 1 is 1.53 bits per heavy atom. The number of nitrogen functional groups attached to an aromatic ring is 1. The standard InChI is InChI=1S/C11H22N4O3S/c1-4-5-14-8-10(11(12)13-14)19(17,18)15(6-7-16)9(2)3/h8-9,16H,4-7H2,1-3H3,(H2,12,13). The summed E-state index contributed by atoms with van der Waals surface area (Å²) in [5.41, 5.74) is 5.69. The molecule has 0 unspecified atom stereocenters. The molecule has 0 aliphatic rings. The fourth-order valence-electron chi connectivity index (χ4n) is 1.84. The summed E-state index contributed by atoms with van der Waals surface area (Å²) >= 11 is 0. The SMILES string of the molecule is CCCn1cc(S(=O)(=O)N(CCO)C(C)C)c(N)n1. The second-order valence-corrected chi connectivity index (χ2v) is 6.43. The van der Waals surface area contributed by atoms with Crippen LogP contribution in [0.3, 0.4) is 0 Å². The molecule has 110 valence electrons. The first-order valence-electron chi connectivity index (χ1n) is 6.30. The summed E-state index contributed by atoms with van der Waals surface area (Å²) in [6, 6.07) is -0.258. The third-order valence-corrected chi connectivity index (χ3v) is 4.78. The van der Waals surface area contributed by atoms with Gasteiger partial charge in [-0.15, -0.1) is 0 Å². The van der Waals surface area contributed by atoms with Crippen LogP contribution in [0.1, 0.15) is 27.2 Å². The van der Waals surface area contributed by atoms with Crippen molar-refractivity contribution in [2.45, 2.75) is 44.7 Å². The molecule has 0 amide bonds. The second-order valence-electron chi connectivity index (χ2n) is 4.57. The van der Waals surface area contributed by atoms with Crippen LogP contribution in [0, 0.1) is 0 Å². The molecular formula is C11H22N4O3S. The molecule has 1 aromatic rings. The van der Waals surface area contributed by atoms with E-state index in [9.17, 15) is 8.42 Å². The third-order valence-electron chi connectivity index (χ3n) is 2.69. The number of nitrogens with two attached hydrogens (primary N) is 1. The fourth-order valence-corrected chi connectivity index (χ4v) is 3.53. The summed E-state index contributed by atoms with van der Waals surface area (Å²) in [6.45, 7) is 5.89. The highest BCUT2D eigenvalue weighted by molar-refractivity contribution is 7.89. The molecule has 0 saturated carbocycles. The Bertz CT molecular complexity index is 510. The van der Waals surface area contributed by atoms with Crippen LogP contribution in [0.5, 0.6) is 0 Å². The van der Waals surface area contributed by atoms with Crippen LogP contribution in [0.15, 0.2) is 11.1 Å². The summed E-state index contributed by atoms with van der Waals surface area (Å²) in [5, 5.41) is 13.0. The quantitative estimate of drug-likeness (QED) is 0.750. The van der Waals surface area contributed by atoms with E-state index < -0.39 is 10.0 Å². The van der Waals surface area contributed by atoms with Crippen molar-refractivity contribution >= 4 is 15.8 Å². The van der Waals surface area contributed by atoms with Crippen LogP contribution >= 0.6 is 0 Å². The molecule has 1 rings (SSSR count). The summed E-state index contributed by atoms with van der Waals surface area (Å²) in [6.07, 6.45) is 2.28. The highest BCUT2D eigenvalue weighted by atomic mass is 32.2. The number of nitrogens with zero attached hydrogens (tertiary/aromatic N) is 3. The van der Waals surface area contributed by atoms with Crippen molar-refractivity contribution in [3.8, 4) is 0 Å². The Labute approximate surface area is 114 Å². The minimum atomic E-state index is -3.73. The maximum Gasteiger partial charge on any atom is 0.248 e. The normalized spacial score (nSPS) is 12.5. The Hall–Kier alpha value is -1.12. The first-order chi connectivity index (χ1) is 8.84. The van der Waals surface area contributed by atoms with Gasteiger partial charge in [0.1, 0.15) is 4.90 Å². The second kappa shape index (κ2) is 6.36. The highest BCUT2D eigenvalue weighted by Gasteiger charge is 2.30. The molecule has 0 atom stereocenters. The largest absolute Gasteiger partial charge is 0.395 e. The lowest BCUT2D eigenvalue weighted by Gasteiger charge is -2.24. The van der Waals surface area contributed by atoms with Gasteiger partial charge in [-0.05, 0) is 20.3 Å². The Morgan fingerprint density at radius 2 is 2.16 bits per heavy atom. The first kappa shape index (κ1) is 15.9. The molecule has 7 nitrogen and oxygen atoms in total. The number of aliphatic hydroxyl groups excluding tert-OH is 1. The number of sulfonamides is 1. The van der Waals surface area contributed by atoms with Crippen molar-refractivity contribution in [3.05, 3.63) is 6.20 Å². The zero-order valence-electron chi connectivity index (χ0n) is 11.6. The number of hydrogen-bond acceptors (Lipinski definition) is 5. The third kappa shape index (κ3) is 3.46. The van der Waals surface area contributed by atoms with Crippen molar-refractivity contribution < 1.29 is 13.5 Å². The van der Waals surface area contributed by atoms with Crippen LogP contribution in [0.2, 0.25) is 0 Å². The zero-order chi connectivity index (χ0) is 14.6. The first-order valence-corrected chi connectivity index (χ1v) is 7.74. The van der Waals surface area contributed by atoms with Gasteiger partial charge in [-0.1, -0.05) is 6.92 Å². The van der Waals surface area contributed by atoms with Gasteiger partial charge in [-0.25, -0.2) is 8.42 Å². The molecule has 19 heavy (non-hydrogen) atoms. The maximum atomic E-state index is 12.5. The summed E-state index contributed by atoms with van der Waals surface area (Å²) in [4.78, 5) is 0.00287. The average Bonchev–Trinajstić information content (AvgIpc) is 2.67. The van der Waals surface area contributed by atoms with Crippen molar-refractivity contribution in [1.29, 1.82) is 0 Å². The summed E-state index contributed by atoms with van der Waals surface area (Å²) < 4.78 is 27.7. The molecule has 0 aliphatic carbocycles. The van der Waals surface area contributed by atoms with E-state index in [4.69, 9.17) is 10.8 Å². The minimum absolute atomic E-state index is 0.00274. The van der Waals surface area contributed by atoms with E-state index in [0.29, 0.717) is 6.54 Å². The van der Waals surface area contributed by atoms with Crippen molar-refractivity contribution in [3.63, 3.8) is 0 Å². The van der Waals surface area contributed by atoms with Crippen molar-refractivity contribution in [2.75, 3.05) is 18.9 Å². The lowest BCUT2D eigenvalue weighted by atomic mass is 10.4. The van der Waals surface area contributed by atoms with Gasteiger partial charge < -0.3 is 10.8 Å². The van der Waals surface area contributed by atoms with Gasteiger partial charge in [0.2, 0.25) is 10.0 Å². The topological polar surface area (TPSA) is 101 Å². The van der Waals surface area contributed by atoms with Crippen LogP contribution in [0.4, 0.5) is 5.82 Å². The molecule has 0 bridgehead atoms. The number of rotatable bonds is 7. The fraction of sp³-hybridized carbons (Fsp3) is 0.727. The van der Waals surface area contributed by atoms with E-state index in [0.717, 1.165) is 6.42 Å². The van der Waals surface area contributed by atoms with Gasteiger partial charge in [-0.3, -0.25) is 4.68 Å². The zero-order valence-corrected chi connectivity index (χ0v) is 12.4. The van der Waals surface area contributed by atoms with Gasteiger partial charge >= 0.3 is 0 Å². The molecule has 0 fully saturated rings. The number of aliphatic hydroxyl groups is 1. The molecule has 8 heteroatoms. The summed E-state index contributed by atoms with van der Waals surface area (Å²) in [5.74, 6) is -0.00274.